The number of fused-ring (bicyclic) bond motifs is 1. The number of benzene rings is 1. The number of hydrogen-bond acceptors (Lipinski definition) is 5. The number of rotatable bonds is 2. The normalized spacial score (nSPS) is 13.5. The fourth-order valence-corrected chi connectivity index (χ4v) is 2.14. The molecule has 19 heavy (non-hydrogen) atoms. The number of para-hydroxylation sites is 1. The van der Waals surface area contributed by atoms with Crippen LogP contribution in [0, 0.1) is 0 Å². The molecule has 0 unspecified atom stereocenters. The molecule has 0 radical (unpaired) electrons. The lowest BCUT2D eigenvalue weighted by Gasteiger charge is -2.20. The Bertz CT molecular complexity index is 666. The van der Waals surface area contributed by atoms with Crippen molar-refractivity contribution in [3.8, 4) is 11.6 Å². The Morgan fingerprint density at radius 1 is 1.37 bits per heavy atom. The molecular formula is C13H14N4O2. The fourth-order valence-electron chi connectivity index (χ4n) is 2.14. The van der Waals surface area contributed by atoms with E-state index >= 15 is 0 Å². The van der Waals surface area contributed by atoms with Gasteiger partial charge < -0.3 is 20.8 Å². The van der Waals surface area contributed by atoms with E-state index in [1.807, 2.05) is 12.1 Å². The lowest BCUT2D eigenvalue weighted by Crippen LogP contribution is -2.15. The summed E-state index contributed by atoms with van der Waals surface area (Å²) in [6.07, 6.45) is 3.39. The molecule has 0 spiro atoms. The molecule has 0 saturated carbocycles. The van der Waals surface area contributed by atoms with Gasteiger partial charge in [0.15, 0.2) is 11.4 Å². The zero-order valence-corrected chi connectivity index (χ0v) is 10.3. The molecule has 1 aromatic carbocycles. The molecule has 2 heterocycles. The van der Waals surface area contributed by atoms with Gasteiger partial charge in [-0.25, -0.2) is 4.98 Å². The van der Waals surface area contributed by atoms with Gasteiger partial charge in [-0.15, -0.1) is 0 Å². The van der Waals surface area contributed by atoms with Crippen molar-refractivity contribution in [2.24, 2.45) is 0 Å². The van der Waals surface area contributed by atoms with E-state index in [9.17, 15) is 4.79 Å². The predicted octanol–water partition coefficient (Wildman–Crippen LogP) is 1.50. The highest BCUT2D eigenvalue weighted by Crippen LogP contribution is 2.35. The maximum atomic E-state index is 11.4. The summed E-state index contributed by atoms with van der Waals surface area (Å²) in [6.45, 7) is 0.908. The van der Waals surface area contributed by atoms with Gasteiger partial charge in [-0.1, -0.05) is 12.1 Å². The van der Waals surface area contributed by atoms with Crippen LogP contribution in [0.4, 0.5) is 11.4 Å². The summed E-state index contributed by atoms with van der Waals surface area (Å²) in [5.41, 5.74) is 7.39. The second-order valence-electron chi connectivity index (χ2n) is 4.37. The highest BCUT2D eigenvalue weighted by Gasteiger charge is 2.15. The van der Waals surface area contributed by atoms with E-state index in [-0.39, 0.29) is 11.6 Å². The molecule has 0 amide bonds. The zero-order valence-electron chi connectivity index (χ0n) is 10.3. The third kappa shape index (κ3) is 2.12. The largest absolute Gasteiger partial charge is 0.435 e. The lowest BCUT2D eigenvalue weighted by molar-refractivity contribution is 0.463. The Morgan fingerprint density at radius 3 is 3.16 bits per heavy atom. The second-order valence-corrected chi connectivity index (χ2v) is 4.37. The van der Waals surface area contributed by atoms with Gasteiger partial charge >= 0.3 is 0 Å². The monoisotopic (exact) mass is 258 g/mol. The van der Waals surface area contributed by atoms with E-state index < -0.39 is 5.56 Å². The molecule has 0 aliphatic carbocycles. The molecule has 3 rings (SSSR count). The molecule has 98 valence electrons. The van der Waals surface area contributed by atoms with Gasteiger partial charge in [0.05, 0.1) is 12.0 Å². The summed E-state index contributed by atoms with van der Waals surface area (Å²) in [7, 11) is 0. The lowest BCUT2D eigenvalue weighted by atomic mass is 10.0. The first-order valence-corrected chi connectivity index (χ1v) is 6.12. The van der Waals surface area contributed by atoms with Crippen LogP contribution in [0.1, 0.15) is 12.0 Å². The predicted molar refractivity (Wildman–Crippen MR) is 72.6 cm³/mol. The minimum absolute atomic E-state index is 0.0177. The van der Waals surface area contributed by atoms with Gasteiger partial charge in [-0.3, -0.25) is 4.79 Å². The van der Waals surface area contributed by atoms with Crippen LogP contribution in [0.15, 0.2) is 29.3 Å². The number of H-pyrrole nitrogens is 1. The molecule has 6 heteroatoms. The van der Waals surface area contributed by atoms with Crippen LogP contribution in [0.3, 0.4) is 0 Å². The third-order valence-electron chi connectivity index (χ3n) is 3.10. The Labute approximate surface area is 109 Å². The summed E-state index contributed by atoms with van der Waals surface area (Å²) in [4.78, 5) is 17.8. The van der Waals surface area contributed by atoms with E-state index in [1.54, 1.807) is 0 Å². The molecule has 0 fully saturated rings. The number of nitrogens with one attached hydrogen (secondary N) is 2. The highest BCUT2D eigenvalue weighted by atomic mass is 16.5. The topological polar surface area (TPSA) is 93.0 Å². The molecular weight excluding hydrogens is 244 g/mol. The summed E-state index contributed by atoms with van der Waals surface area (Å²) >= 11 is 0. The van der Waals surface area contributed by atoms with Crippen LogP contribution < -0.4 is 21.3 Å². The maximum Gasteiger partial charge on any atom is 0.277 e. The van der Waals surface area contributed by atoms with Crippen LogP contribution in [0.25, 0.3) is 0 Å². The van der Waals surface area contributed by atoms with Crippen molar-refractivity contribution in [3.63, 3.8) is 0 Å². The fraction of sp³-hybridized carbons (Fsp3) is 0.231. The molecule has 2 aromatic rings. The number of hydrogen-bond donors (Lipinski definition) is 3. The SMILES string of the molecule is Nc1c(Oc2cccc3c2NCCC3)nc[nH]c1=O. The summed E-state index contributed by atoms with van der Waals surface area (Å²) in [5.74, 6) is 0.770. The molecule has 4 N–H and O–H groups in total. The van der Waals surface area contributed by atoms with Gasteiger partial charge in [-0.05, 0) is 24.5 Å². The minimum Gasteiger partial charge on any atom is -0.435 e. The van der Waals surface area contributed by atoms with Crippen molar-refractivity contribution < 1.29 is 4.74 Å². The van der Waals surface area contributed by atoms with Crippen molar-refractivity contribution in [2.45, 2.75) is 12.8 Å². The van der Waals surface area contributed by atoms with Crippen molar-refractivity contribution >= 4 is 11.4 Å². The smallest absolute Gasteiger partial charge is 0.277 e. The van der Waals surface area contributed by atoms with Gasteiger partial charge in [0, 0.05) is 6.54 Å². The van der Waals surface area contributed by atoms with Gasteiger partial charge in [0.2, 0.25) is 5.88 Å². The minimum atomic E-state index is -0.400. The van der Waals surface area contributed by atoms with E-state index in [0.29, 0.717) is 5.75 Å². The van der Waals surface area contributed by atoms with Crippen LogP contribution in [0.2, 0.25) is 0 Å². The molecule has 1 aromatic heterocycles. The molecule has 0 atom stereocenters. The van der Waals surface area contributed by atoms with Crippen LogP contribution in [-0.4, -0.2) is 16.5 Å². The number of ether oxygens (including phenoxy) is 1. The average Bonchev–Trinajstić information content (AvgIpc) is 2.44. The van der Waals surface area contributed by atoms with Gasteiger partial charge in [0.25, 0.3) is 5.56 Å². The number of nitrogens with zero attached hydrogens (tertiary/aromatic N) is 1. The van der Waals surface area contributed by atoms with Crippen molar-refractivity contribution in [1.29, 1.82) is 0 Å². The summed E-state index contributed by atoms with van der Waals surface area (Å²) < 4.78 is 5.67. The molecule has 0 bridgehead atoms. The first kappa shape index (κ1) is 11.6. The number of nitrogen functional groups attached to an aromatic ring is 1. The molecule has 1 aliphatic heterocycles. The highest BCUT2D eigenvalue weighted by molar-refractivity contribution is 5.64. The zero-order chi connectivity index (χ0) is 13.2. The Kier molecular flexibility index (Phi) is 2.83. The number of aromatic amines is 1. The average molecular weight is 258 g/mol. The van der Waals surface area contributed by atoms with E-state index in [1.165, 1.54) is 11.9 Å². The third-order valence-corrected chi connectivity index (χ3v) is 3.10. The molecule has 6 nitrogen and oxygen atoms in total. The van der Waals surface area contributed by atoms with Crippen LogP contribution in [0.5, 0.6) is 11.6 Å². The van der Waals surface area contributed by atoms with Gasteiger partial charge in [0.1, 0.15) is 0 Å². The number of nitrogens with two attached hydrogens (primary N) is 1. The van der Waals surface area contributed by atoms with Crippen LogP contribution >= 0.6 is 0 Å². The number of aromatic nitrogens is 2. The summed E-state index contributed by atoms with van der Waals surface area (Å²) in [5, 5.41) is 3.31. The second kappa shape index (κ2) is 4.64. The quantitative estimate of drug-likeness (QED) is 0.759. The van der Waals surface area contributed by atoms with E-state index in [0.717, 1.165) is 25.1 Å². The number of aryl methyl sites for hydroxylation is 1. The maximum absolute atomic E-state index is 11.4. The Morgan fingerprint density at radius 2 is 2.26 bits per heavy atom. The Hall–Kier alpha value is -2.50. The number of anilines is 2. The van der Waals surface area contributed by atoms with Crippen molar-refractivity contribution in [1.82, 2.24) is 9.97 Å². The Balaban J connectivity index is 2.00. The van der Waals surface area contributed by atoms with Crippen molar-refractivity contribution in [3.05, 3.63) is 40.4 Å². The molecule has 1 aliphatic rings. The van der Waals surface area contributed by atoms with E-state index in [4.69, 9.17) is 10.5 Å². The van der Waals surface area contributed by atoms with Crippen LogP contribution in [-0.2, 0) is 6.42 Å². The standard InChI is InChI=1S/C13H14N4O2/c14-10-12(18)16-7-17-13(10)19-9-5-1-3-8-4-2-6-15-11(8)9/h1,3,5,7,15H,2,4,6,14H2,(H,16,17,18). The first-order chi connectivity index (χ1) is 9.25. The summed E-state index contributed by atoms with van der Waals surface area (Å²) in [6, 6.07) is 5.81. The van der Waals surface area contributed by atoms with E-state index in [2.05, 4.69) is 21.4 Å². The van der Waals surface area contributed by atoms with Gasteiger partial charge in [-0.2, -0.15) is 0 Å². The van der Waals surface area contributed by atoms with Crippen molar-refractivity contribution in [2.75, 3.05) is 17.6 Å². The first-order valence-electron chi connectivity index (χ1n) is 6.12. The molecule has 0 saturated heterocycles.